The van der Waals surface area contributed by atoms with Crippen LogP contribution in [0, 0.1) is 0 Å². The normalized spacial score (nSPS) is 15.1. The molecule has 0 bridgehead atoms. The van der Waals surface area contributed by atoms with Gasteiger partial charge < -0.3 is 10.4 Å². The zero-order valence-electron chi connectivity index (χ0n) is 7.03. The molecule has 0 saturated heterocycles. The van der Waals surface area contributed by atoms with Crippen molar-refractivity contribution in [1.29, 1.82) is 0 Å². The molecule has 8 heteroatoms. The lowest BCUT2D eigenvalue weighted by Crippen LogP contribution is -2.53. The van der Waals surface area contributed by atoms with E-state index in [4.69, 9.17) is 5.11 Å². The molecule has 0 fully saturated rings. The van der Waals surface area contributed by atoms with Crippen LogP contribution in [-0.4, -0.2) is 35.8 Å². The molecule has 84 valence electrons. The maximum absolute atomic E-state index is 12.2. The highest BCUT2D eigenvalue weighted by Crippen LogP contribution is 2.35. The minimum Gasteiger partial charge on any atom is -0.394 e. The molecule has 0 saturated carbocycles. The van der Waals surface area contributed by atoms with E-state index in [1.165, 1.54) is 5.32 Å². The number of halogens is 5. The second-order valence-corrected chi connectivity index (χ2v) is 2.63. The number of hydrogen-bond acceptors (Lipinski definition) is 2. The van der Waals surface area contributed by atoms with Crippen LogP contribution < -0.4 is 5.32 Å². The molecule has 1 unspecified atom stereocenters. The largest absolute Gasteiger partial charge is 0.463 e. The molecule has 2 N–H and O–H groups in total. The van der Waals surface area contributed by atoms with E-state index < -0.39 is 30.7 Å². The van der Waals surface area contributed by atoms with Crippen molar-refractivity contribution >= 4 is 5.91 Å². The Kier molecular flexibility index (Phi) is 3.81. The number of alkyl halides is 5. The third kappa shape index (κ3) is 2.79. The molecule has 0 heterocycles. The summed E-state index contributed by atoms with van der Waals surface area (Å²) in [7, 11) is 0. The molecule has 0 aliphatic heterocycles. The molecule has 14 heavy (non-hydrogen) atoms. The Bertz CT molecular complexity index is 215. The maximum Gasteiger partial charge on any atom is 0.463 e. The molecule has 0 aliphatic carbocycles. The summed E-state index contributed by atoms with van der Waals surface area (Å²) in [5.74, 6) is -7.90. The lowest BCUT2D eigenvalue weighted by atomic mass is 10.2. The summed E-state index contributed by atoms with van der Waals surface area (Å²) in [6, 6.07) is -1.16. The number of aliphatic hydroxyl groups is 1. The van der Waals surface area contributed by atoms with E-state index in [2.05, 4.69) is 0 Å². The molecular formula is C6H8F5NO2. The molecule has 1 amide bonds. The molecule has 0 radical (unpaired) electrons. The number of carbonyl (C=O) groups excluding carboxylic acids is 1. The first-order valence-electron chi connectivity index (χ1n) is 3.49. The van der Waals surface area contributed by atoms with Crippen LogP contribution in [0.4, 0.5) is 22.0 Å². The van der Waals surface area contributed by atoms with E-state index in [1.54, 1.807) is 0 Å². The van der Waals surface area contributed by atoms with Crippen LogP contribution in [0.15, 0.2) is 0 Å². The number of rotatable bonds is 3. The van der Waals surface area contributed by atoms with Crippen molar-refractivity contribution in [3.63, 3.8) is 0 Å². The summed E-state index contributed by atoms with van der Waals surface area (Å²) in [5, 5.41) is 9.63. The Labute approximate surface area is 75.9 Å². The molecule has 1 atom stereocenters. The van der Waals surface area contributed by atoms with Gasteiger partial charge in [-0.05, 0) is 6.92 Å². The minimum atomic E-state index is -5.92. The van der Waals surface area contributed by atoms with E-state index in [9.17, 15) is 26.7 Å². The lowest BCUT2D eigenvalue weighted by molar-refractivity contribution is -0.270. The first-order chi connectivity index (χ1) is 6.13. The van der Waals surface area contributed by atoms with Gasteiger partial charge in [0.25, 0.3) is 0 Å². The molecule has 0 aromatic carbocycles. The Morgan fingerprint density at radius 3 is 2.07 bits per heavy atom. The van der Waals surface area contributed by atoms with Crippen LogP contribution in [0.2, 0.25) is 0 Å². The average Bonchev–Trinajstić information content (AvgIpc) is 2.01. The molecule has 0 spiro atoms. The molecule has 0 aromatic rings. The van der Waals surface area contributed by atoms with Crippen molar-refractivity contribution in [2.45, 2.75) is 25.1 Å². The quantitative estimate of drug-likeness (QED) is 0.688. The van der Waals surface area contributed by atoms with Crippen LogP contribution in [0.25, 0.3) is 0 Å². The lowest BCUT2D eigenvalue weighted by Gasteiger charge is -2.20. The minimum absolute atomic E-state index is 0.723. The summed E-state index contributed by atoms with van der Waals surface area (Å²) in [5.41, 5.74) is 0. The number of nitrogens with one attached hydrogen (secondary N) is 1. The van der Waals surface area contributed by atoms with Gasteiger partial charge >= 0.3 is 18.0 Å². The van der Waals surface area contributed by atoms with Crippen molar-refractivity contribution in [2.75, 3.05) is 6.61 Å². The van der Waals surface area contributed by atoms with Gasteiger partial charge in [0.1, 0.15) is 0 Å². The van der Waals surface area contributed by atoms with Crippen molar-refractivity contribution in [3.05, 3.63) is 0 Å². The number of amides is 1. The second-order valence-electron chi connectivity index (χ2n) is 2.63. The first-order valence-corrected chi connectivity index (χ1v) is 3.49. The fraction of sp³-hybridized carbons (Fsp3) is 0.833. The van der Waals surface area contributed by atoms with Crippen LogP contribution >= 0.6 is 0 Å². The van der Waals surface area contributed by atoms with Gasteiger partial charge in [0.05, 0.1) is 6.61 Å². The van der Waals surface area contributed by atoms with E-state index in [0.29, 0.717) is 0 Å². The van der Waals surface area contributed by atoms with Crippen molar-refractivity contribution < 1.29 is 31.9 Å². The summed E-state index contributed by atoms with van der Waals surface area (Å²) in [4.78, 5) is 10.4. The van der Waals surface area contributed by atoms with Gasteiger partial charge in [-0.3, -0.25) is 4.79 Å². The van der Waals surface area contributed by atoms with E-state index in [1.807, 2.05) is 0 Å². The van der Waals surface area contributed by atoms with Crippen LogP contribution in [-0.2, 0) is 4.79 Å². The maximum atomic E-state index is 12.2. The standard InChI is InChI=1S/C6H8F5NO2/c1-3(2-13)12-4(14)5(7,8)6(9,10)11/h3,13H,2H2,1H3,(H,12,14). The SMILES string of the molecule is CC(CO)NC(=O)C(F)(F)C(F)(F)F. The van der Waals surface area contributed by atoms with E-state index in [0.717, 1.165) is 6.92 Å². The second kappa shape index (κ2) is 4.07. The zero-order valence-corrected chi connectivity index (χ0v) is 7.03. The predicted octanol–water partition coefficient (Wildman–Crippen LogP) is 0.681. The fourth-order valence-electron chi connectivity index (χ4n) is 0.489. The van der Waals surface area contributed by atoms with Crippen LogP contribution in [0.5, 0.6) is 0 Å². The smallest absolute Gasteiger partial charge is 0.394 e. The Balaban J connectivity index is 4.53. The highest BCUT2D eigenvalue weighted by molar-refractivity contribution is 5.84. The van der Waals surface area contributed by atoms with E-state index in [-0.39, 0.29) is 0 Å². The zero-order chi connectivity index (χ0) is 11.6. The molecular weight excluding hydrogens is 213 g/mol. The molecule has 0 aliphatic rings. The van der Waals surface area contributed by atoms with Gasteiger partial charge in [0.2, 0.25) is 0 Å². The van der Waals surface area contributed by atoms with Gasteiger partial charge in [-0.25, -0.2) is 0 Å². The van der Waals surface area contributed by atoms with Crippen molar-refractivity contribution in [1.82, 2.24) is 5.32 Å². The Hall–Kier alpha value is -0.920. The Morgan fingerprint density at radius 2 is 1.79 bits per heavy atom. The monoisotopic (exact) mass is 221 g/mol. The van der Waals surface area contributed by atoms with Gasteiger partial charge in [-0.2, -0.15) is 22.0 Å². The van der Waals surface area contributed by atoms with Gasteiger partial charge in [0.15, 0.2) is 0 Å². The van der Waals surface area contributed by atoms with Gasteiger partial charge in [-0.1, -0.05) is 0 Å². The first kappa shape index (κ1) is 13.1. The summed E-state index contributed by atoms with van der Waals surface area (Å²) in [6.45, 7) is 0.365. The molecule has 0 aromatic heterocycles. The highest BCUT2D eigenvalue weighted by Gasteiger charge is 2.63. The third-order valence-corrected chi connectivity index (χ3v) is 1.29. The van der Waals surface area contributed by atoms with Gasteiger partial charge in [-0.15, -0.1) is 0 Å². The summed E-state index contributed by atoms with van der Waals surface area (Å²) < 4.78 is 59.1. The van der Waals surface area contributed by atoms with Gasteiger partial charge in [0, 0.05) is 6.04 Å². The number of aliphatic hydroxyl groups excluding tert-OH is 1. The van der Waals surface area contributed by atoms with E-state index >= 15 is 0 Å². The van der Waals surface area contributed by atoms with Crippen LogP contribution in [0.1, 0.15) is 6.92 Å². The summed E-state index contributed by atoms with van der Waals surface area (Å²) in [6.07, 6.45) is -5.92. The van der Waals surface area contributed by atoms with Crippen molar-refractivity contribution in [3.8, 4) is 0 Å². The van der Waals surface area contributed by atoms with Crippen molar-refractivity contribution in [2.24, 2.45) is 0 Å². The number of hydrogen-bond donors (Lipinski definition) is 2. The third-order valence-electron chi connectivity index (χ3n) is 1.29. The Morgan fingerprint density at radius 1 is 1.36 bits per heavy atom. The molecule has 3 nitrogen and oxygen atoms in total. The number of carbonyl (C=O) groups is 1. The molecule has 0 rings (SSSR count). The highest BCUT2D eigenvalue weighted by atomic mass is 19.4. The van der Waals surface area contributed by atoms with Crippen LogP contribution in [0.3, 0.4) is 0 Å². The fourth-order valence-corrected chi connectivity index (χ4v) is 0.489. The predicted molar refractivity (Wildman–Crippen MR) is 35.7 cm³/mol. The average molecular weight is 221 g/mol. The summed E-state index contributed by atoms with van der Waals surface area (Å²) >= 11 is 0. The topological polar surface area (TPSA) is 49.3 Å².